The lowest BCUT2D eigenvalue weighted by molar-refractivity contribution is 0.115. The maximum Gasteiger partial charge on any atom is 0.211 e. The van der Waals surface area contributed by atoms with Gasteiger partial charge < -0.3 is 5.11 Å². The number of hydrogen-bond donors (Lipinski definition) is 2. The monoisotopic (exact) mass is 235 g/mol. The third kappa shape index (κ3) is 4.49. The molecule has 0 aromatic carbocycles. The van der Waals surface area contributed by atoms with Gasteiger partial charge in [0, 0.05) is 6.54 Å². The zero-order valence-electron chi connectivity index (χ0n) is 9.28. The van der Waals surface area contributed by atoms with Crippen LogP contribution in [0.2, 0.25) is 0 Å². The van der Waals surface area contributed by atoms with Crippen LogP contribution < -0.4 is 4.72 Å². The normalized spacial score (nSPS) is 20.7. The van der Waals surface area contributed by atoms with Gasteiger partial charge in [0.25, 0.3) is 0 Å². The molecule has 0 aliphatic heterocycles. The molecule has 0 radical (unpaired) electrons. The van der Waals surface area contributed by atoms with Crippen molar-refractivity contribution in [2.45, 2.75) is 45.1 Å². The Hall–Kier alpha value is -0.130. The molecule has 0 amide bonds. The lowest BCUT2D eigenvalue weighted by atomic mass is 10.0. The van der Waals surface area contributed by atoms with Crippen molar-refractivity contribution in [3.63, 3.8) is 0 Å². The van der Waals surface area contributed by atoms with E-state index in [1.165, 1.54) is 0 Å². The lowest BCUT2D eigenvalue weighted by Gasteiger charge is -2.17. The molecule has 90 valence electrons. The topological polar surface area (TPSA) is 66.4 Å². The number of hydrogen-bond acceptors (Lipinski definition) is 3. The largest absolute Gasteiger partial charge is 0.391 e. The van der Waals surface area contributed by atoms with Crippen molar-refractivity contribution in [3.8, 4) is 0 Å². The molecule has 1 aliphatic rings. The summed E-state index contributed by atoms with van der Waals surface area (Å²) < 4.78 is 25.1. The molecule has 2 N–H and O–H groups in total. The van der Waals surface area contributed by atoms with Crippen LogP contribution in [0.15, 0.2) is 0 Å². The van der Waals surface area contributed by atoms with Gasteiger partial charge in [-0.05, 0) is 25.2 Å². The van der Waals surface area contributed by atoms with Gasteiger partial charge in [0.15, 0.2) is 0 Å². The standard InChI is InChI=1S/C10H21NO3S/c1-2-7-15(13,14)11-8-10(12)9-5-3-4-6-9/h9-12H,2-8H2,1H3/t10-/m0/s1. The molecule has 15 heavy (non-hydrogen) atoms. The van der Waals surface area contributed by atoms with Crippen LogP contribution in [0.5, 0.6) is 0 Å². The number of sulfonamides is 1. The van der Waals surface area contributed by atoms with Crippen LogP contribution in [0, 0.1) is 5.92 Å². The molecule has 5 heteroatoms. The molecule has 0 aromatic rings. The first-order chi connectivity index (χ1) is 7.05. The summed E-state index contributed by atoms with van der Waals surface area (Å²) in [6.07, 6.45) is 4.45. The average molecular weight is 235 g/mol. The average Bonchev–Trinajstić information content (AvgIpc) is 2.67. The molecule has 0 heterocycles. The number of rotatable bonds is 6. The molecule has 0 saturated heterocycles. The van der Waals surface area contributed by atoms with Gasteiger partial charge in [-0.1, -0.05) is 19.8 Å². The Kier molecular flexibility index (Phi) is 5.02. The maximum absolute atomic E-state index is 11.3. The molecule has 1 fully saturated rings. The van der Waals surface area contributed by atoms with Gasteiger partial charge in [-0.2, -0.15) is 0 Å². The lowest BCUT2D eigenvalue weighted by Crippen LogP contribution is -2.36. The van der Waals surface area contributed by atoms with Crippen molar-refractivity contribution in [2.75, 3.05) is 12.3 Å². The van der Waals surface area contributed by atoms with Crippen molar-refractivity contribution < 1.29 is 13.5 Å². The Morgan fingerprint density at radius 3 is 2.53 bits per heavy atom. The Labute approximate surface area is 92.1 Å². The van der Waals surface area contributed by atoms with Gasteiger partial charge in [0.2, 0.25) is 10.0 Å². The van der Waals surface area contributed by atoms with Gasteiger partial charge in [-0.15, -0.1) is 0 Å². The third-order valence-corrected chi connectivity index (χ3v) is 4.48. The van der Waals surface area contributed by atoms with Crippen LogP contribution in [-0.4, -0.2) is 31.9 Å². The van der Waals surface area contributed by atoms with Gasteiger partial charge in [0.05, 0.1) is 11.9 Å². The van der Waals surface area contributed by atoms with E-state index in [9.17, 15) is 13.5 Å². The fourth-order valence-electron chi connectivity index (χ4n) is 2.06. The molecule has 0 unspecified atom stereocenters. The number of aliphatic hydroxyl groups excluding tert-OH is 1. The molecule has 0 aromatic heterocycles. The van der Waals surface area contributed by atoms with Crippen LogP contribution in [0.25, 0.3) is 0 Å². The third-order valence-electron chi connectivity index (χ3n) is 2.93. The van der Waals surface area contributed by atoms with Crippen LogP contribution in [-0.2, 0) is 10.0 Å². The summed E-state index contributed by atoms with van der Waals surface area (Å²) in [6, 6.07) is 0. The highest BCUT2D eigenvalue weighted by atomic mass is 32.2. The molecule has 1 saturated carbocycles. The van der Waals surface area contributed by atoms with Crippen molar-refractivity contribution in [3.05, 3.63) is 0 Å². The van der Waals surface area contributed by atoms with E-state index in [1.807, 2.05) is 6.92 Å². The predicted molar refractivity (Wildman–Crippen MR) is 60.0 cm³/mol. The summed E-state index contributed by atoms with van der Waals surface area (Å²) in [5.74, 6) is 0.430. The first kappa shape index (κ1) is 12.9. The molecule has 0 bridgehead atoms. The molecule has 1 aliphatic carbocycles. The van der Waals surface area contributed by atoms with Gasteiger partial charge in [0.1, 0.15) is 0 Å². The Balaban J connectivity index is 2.29. The smallest absolute Gasteiger partial charge is 0.211 e. The van der Waals surface area contributed by atoms with Crippen molar-refractivity contribution in [1.29, 1.82) is 0 Å². The van der Waals surface area contributed by atoms with Crippen molar-refractivity contribution >= 4 is 10.0 Å². The summed E-state index contributed by atoms with van der Waals surface area (Å²) in [4.78, 5) is 0. The van der Waals surface area contributed by atoms with E-state index in [4.69, 9.17) is 0 Å². The highest BCUT2D eigenvalue weighted by molar-refractivity contribution is 7.89. The summed E-state index contributed by atoms with van der Waals surface area (Å²) in [7, 11) is -3.17. The fraction of sp³-hybridized carbons (Fsp3) is 1.00. The zero-order valence-corrected chi connectivity index (χ0v) is 10.1. The zero-order chi connectivity index (χ0) is 11.3. The quantitative estimate of drug-likeness (QED) is 0.718. The van der Waals surface area contributed by atoms with Crippen LogP contribution in [0.1, 0.15) is 39.0 Å². The molecular formula is C10H21NO3S. The summed E-state index contributed by atoms with van der Waals surface area (Å²) in [5.41, 5.74) is 0. The SMILES string of the molecule is CCCS(=O)(=O)NC[C@H](O)C1CCCC1. The molecule has 1 atom stereocenters. The second-order valence-electron chi connectivity index (χ2n) is 4.28. The number of aliphatic hydroxyl groups is 1. The Morgan fingerprint density at radius 2 is 2.00 bits per heavy atom. The van der Waals surface area contributed by atoms with Crippen LogP contribution in [0.3, 0.4) is 0 Å². The number of nitrogens with one attached hydrogen (secondary N) is 1. The summed E-state index contributed by atoms with van der Waals surface area (Å²) in [5, 5.41) is 9.75. The van der Waals surface area contributed by atoms with Gasteiger partial charge in [-0.25, -0.2) is 13.1 Å². The van der Waals surface area contributed by atoms with Crippen LogP contribution >= 0.6 is 0 Å². The van der Waals surface area contributed by atoms with Crippen LogP contribution in [0.4, 0.5) is 0 Å². The first-order valence-corrected chi connectivity index (χ1v) is 7.36. The Morgan fingerprint density at radius 1 is 1.40 bits per heavy atom. The minimum Gasteiger partial charge on any atom is -0.391 e. The van der Waals surface area contributed by atoms with E-state index in [0.29, 0.717) is 6.42 Å². The van der Waals surface area contributed by atoms with Crippen molar-refractivity contribution in [2.24, 2.45) is 5.92 Å². The minimum absolute atomic E-state index is 0.143. The highest BCUT2D eigenvalue weighted by Crippen LogP contribution is 2.27. The Bertz CT molecular complexity index is 270. The van der Waals surface area contributed by atoms with E-state index < -0.39 is 16.1 Å². The van der Waals surface area contributed by atoms with Gasteiger partial charge >= 0.3 is 0 Å². The predicted octanol–water partition coefficient (Wildman–Crippen LogP) is 0.867. The highest BCUT2D eigenvalue weighted by Gasteiger charge is 2.24. The van der Waals surface area contributed by atoms with E-state index >= 15 is 0 Å². The second kappa shape index (κ2) is 5.82. The molecular weight excluding hydrogens is 214 g/mol. The second-order valence-corrected chi connectivity index (χ2v) is 6.21. The van der Waals surface area contributed by atoms with E-state index in [-0.39, 0.29) is 18.2 Å². The fourth-order valence-corrected chi connectivity index (χ4v) is 3.17. The summed E-state index contributed by atoms with van der Waals surface area (Å²) in [6.45, 7) is 2.00. The summed E-state index contributed by atoms with van der Waals surface area (Å²) >= 11 is 0. The van der Waals surface area contributed by atoms with E-state index in [2.05, 4.69) is 4.72 Å². The molecule has 1 rings (SSSR count). The van der Waals surface area contributed by atoms with Gasteiger partial charge in [-0.3, -0.25) is 0 Å². The molecule has 0 spiro atoms. The maximum atomic E-state index is 11.3. The first-order valence-electron chi connectivity index (χ1n) is 5.70. The van der Waals surface area contributed by atoms with E-state index in [0.717, 1.165) is 25.7 Å². The van der Waals surface area contributed by atoms with E-state index in [1.54, 1.807) is 0 Å². The van der Waals surface area contributed by atoms with Crippen molar-refractivity contribution in [1.82, 2.24) is 4.72 Å². The molecule has 4 nitrogen and oxygen atoms in total. The minimum atomic E-state index is -3.17.